The van der Waals surface area contributed by atoms with Crippen LogP contribution in [-0.2, 0) is 28.6 Å². The maximum absolute atomic E-state index is 13.2. The van der Waals surface area contributed by atoms with Gasteiger partial charge in [-0.05, 0) is 38.2 Å². The van der Waals surface area contributed by atoms with Crippen molar-refractivity contribution in [3.8, 4) is 0 Å². The third-order valence-corrected chi connectivity index (χ3v) is 6.84. The summed E-state index contributed by atoms with van der Waals surface area (Å²) in [6.07, 6.45) is 3.55. The molecule has 1 aliphatic heterocycles. The van der Waals surface area contributed by atoms with Gasteiger partial charge in [0.05, 0.1) is 23.6 Å². The van der Waals surface area contributed by atoms with E-state index in [1.54, 1.807) is 26.0 Å². The first-order valence-corrected chi connectivity index (χ1v) is 12.6. The number of nitrogens with one attached hydrogen (secondary N) is 1. The zero-order valence-corrected chi connectivity index (χ0v) is 23.2. The monoisotopic (exact) mass is 548 g/mol. The third-order valence-electron chi connectivity index (χ3n) is 6.84. The van der Waals surface area contributed by atoms with Gasteiger partial charge in [-0.2, -0.15) is 0 Å². The highest BCUT2D eigenvalue weighted by atomic mass is 16.7. The Bertz CT molecular complexity index is 1130. The number of primary amides is 1. The number of amides is 2. The fraction of sp³-hybridized carbons (Fsp3) is 0.500. The fourth-order valence-corrected chi connectivity index (χ4v) is 4.61. The van der Waals surface area contributed by atoms with E-state index < -0.39 is 53.9 Å². The van der Waals surface area contributed by atoms with Gasteiger partial charge < -0.3 is 36.1 Å². The molecule has 2 bridgehead atoms. The number of nitrogens with two attached hydrogens (primary N) is 2. The molecule has 6 N–H and O–H groups in total. The Hall–Kier alpha value is -3.54. The zero-order valence-electron chi connectivity index (χ0n) is 23.2. The number of Topliss-reactive ketones (excluding diaryl/α,β-unsaturated/α-hetero) is 1. The van der Waals surface area contributed by atoms with Crippen LogP contribution >= 0.6 is 0 Å². The first-order chi connectivity index (χ1) is 18.3. The number of hydrogen-bond donors (Lipinski definition) is 4. The Morgan fingerprint density at radius 2 is 1.79 bits per heavy atom. The predicted molar refractivity (Wildman–Crippen MR) is 144 cm³/mol. The van der Waals surface area contributed by atoms with Crippen molar-refractivity contribution in [1.82, 2.24) is 5.32 Å². The van der Waals surface area contributed by atoms with E-state index in [-0.39, 0.29) is 34.9 Å². The van der Waals surface area contributed by atoms with Crippen LogP contribution in [0.2, 0.25) is 0 Å². The molecule has 0 spiro atoms. The van der Waals surface area contributed by atoms with Crippen LogP contribution in [0.15, 0.2) is 58.5 Å². The van der Waals surface area contributed by atoms with Gasteiger partial charge in [0.25, 0.3) is 5.91 Å². The predicted octanol–water partition coefficient (Wildman–Crippen LogP) is 1.72. The molecule has 2 rings (SSSR count). The lowest BCUT2D eigenvalue weighted by Crippen LogP contribution is -2.37. The van der Waals surface area contributed by atoms with Crippen LogP contribution in [0.5, 0.6) is 0 Å². The van der Waals surface area contributed by atoms with Crippen molar-refractivity contribution in [3.05, 3.63) is 58.5 Å². The number of aliphatic hydroxyl groups is 1. The Balaban J connectivity index is 2.58. The summed E-state index contributed by atoms with van der Waals surface area (Å²) in [6.45, 7) is 6.89. The van der Waals surface area contributed by atoms with Gasteiger partial charge >= 0.3 is 6.09 Å². The Kier molecular flexibility index (Phi) is 11.4. The first-order valence-electron chi connectivity index (χ1n) is 12.6. The lowest BCUT2D eigenvalue weighted by atomic mass is 9.85. The number of allylic oxidation sites excluding steroid dienone is 4. The molecule has 1 aliphatic carbocycles. The molecule has 11 nitrogen and oxygen atoms in total. The van der Waals surface area contributed by atoms with Gasteiger partial charge in [0.2, 0.25) is 11.6 Å². The van der Waals surface area contributed by atoms with Crippen LogP contribution in [0.3, 0.4) is 0 Å². The van der Waals surface area contributed by atoms with Crippen LogP contribution in [0.25, 0.3) is 0 Å². The summed E-state index contributed by atoms with van der Waals surface area (Å²) >= 11 is 0. The van der Waals surface area contributed by atoms with Crippen molar-refractivity contribution in [2.24, 2.45) is 23.3 Å². The average Bonchev–Trinajstić information content (AvgIpc) is 2.88. The summed E-state index contributed by atoms with van der Waals surface area (Å²) in [6, 6.07) is 0. The number of ketones is 2. The van der Waals surface area contributed by atoms with Gasteiger partial charge in [0.15, 0.2) is 6.10 Å². The lowest BCUT2D eigenvalue weighted by Gasteiger charge is -2.29. The van der Waals surface area contributed by atoms with Crippen molar-refractivity contribution in [2.45, 2.75) is 65.0 Å². The molecular weight excluding hydrogens is 509 g/mol. The van der Waals surface area contributed by atoms with Crippen molar-refractivity contribution in [3.63, 3.8) is 0 Å². The fourth-order valence-electron chi connectivity index (χ4n) is 4.61. The minimum Gasteiger partial charge on any atom is -0.439 e. The van der Waals surface area contributed by atoms with Crippen LogP contribution in [0.1, 0.15) is 40.5 Å². The van der Waals surface area contributed by atoms with Crippen LogP contribution in [0.4, 0.5) is 4.79 Å². The van der Waals surface area contributed by atoms with Crippen molar-refractivity contribution < 1.29 is 38.5 Å². The summed E-state index contributed by atoms with van der Waals surface area (Å²) in [5.41, 5.74) is 11.9. The number of aliphatic hydroxyl groups excluding tert-OH is 1. The van der Waals surface area contributed by atoms with Crippen LogP contribution < -0.4 is 16.8 Å². The molecule has 0 fully saturated rings. The molecule has 2 aliphatic rings. The van der Waals surface area contributed by atoms with Gasteiger partial charge in [-0.3, -0.25) is 14.4 Å². The molecule has 0 unspecified atom stereocenters. The molecular formula is C28H39N3O8. The Labute approximate surface area is 228 Å². The van der Waals surface area contributed by atoms with E-state index in [2.05, 4.69) is 5.32 Å². The Morgan fingerprint density at radius 3 is 2.38 bits per heavy atom. The largest absolute Gasteiger partial charge is 0.439 e. The Morgan fingerprint density at radius 1 is 1.13 bits per heavy atom. The number of methoxy groups -OCH3 is 2. The SMILES string of the molecule is CO[C@@H]1/C=C\C=C(/C)C(=O)NC2=CC(=O)C([15NH2])=C(C[C@@H](C)C[C@@H](OC)[C@H](O)[C@@H](C)/C=C(\C)[C@@H]1O[13C]([15NH2])=O)C2=O. The second-order valence-electron chi connectivity index (χ2n) is 9.97. The highest BCUT2D eigenvalue weighted by molar-refractivity contribution is 6.23. The second-order valence-corrected chi connectivity index (χ2v) is 9.97. The maximum Gasteiger partial charge on any atom is 0.405 e. The van der Waals surface area contributed by atoms with E-state index in [0.717, 1.165) is 6.08 Å². The molecule has 11 heteroatoms. The van der Waals surface area contributed by atoms with Crippen LogP contribution in [-0.4, -0.2) is 67.3 Å². The molecule has 0 saturated carbocycles. The summed E-state index contributed by atoms with van der Waals surface area (Å²) in [5, 5.41) is 13.6. The van der Waals surface area contributed by atoms with Gasteiger partial charge in [0.1, 0.15) is 6.10 Å². The third kappa shape index (κ3) is 8.22. The molecule has 0 aromatic carbocycles. The number of hydrogen-bond acceptors (Lipinski definition) is 9. The molecule has 2 amide bonds. The number of carbonyl (C=O) groups excluding carboxylic acids is 4. The molecule has 6 atom stereocenters. The van der Waals surface area contributed by atoms with Gasteiger partial charge in [-0.25, -0.2) is 4.79 Å². The first kappa shape index (κ1) is 31.7. The zero-order chi connectivity index (χ0) is 29.4. The molecule has 0 radical (unpaired) electrons. The van der Waals surface area contributed by atoms with Gasteiger partial charge in [0, 0.05) is 37.4 Å². The summed E-state index contributed by atoms with van der Waals surface area (Å²) in [4.78, 5) is 50.1. The van der Waals surface area contributed by atoms with E-state index in [1.807, 2.05) is 6.92 Å². The number of ether oxygens (including phenoxy) is 3. The smallest absolute Gasteiger partial charge is 0.405 e. The van der Waals surface area contributed by atoms with Crippen molar-refractivity contribution in [1.29, 1.82) is 0 Å². The average molecular weight is 549 g/mol. The summed E-state index contributed by atoms with van der Waals surface area (Å²) in [7, 11) is 2.90. The van der Waals surface area contributed by atoms with Crippen LogP contribution in [0, 0.1) is 11.8 Å². The topological polar surface area (TPSA) is 180 Å². The number of fused-ring (bicyclic) bond motifs is 2. The highest BCUT2D eigenvalue weighted by Crippen LogP contribution is 2.28. The molecule has 214 valence electrons. The molecule has 39 heavy (non-hydrogen) atoms. The summed E-state index contributed by atoms with van der Waals surface area (Å²) in [5.74, 6) is -2.37. The lowest BCUT2D eigenvalue weighted by molar-refractivity contribution is -0.120. The minimum atomic E-state index is -1.00. The van der Waals surface area contributed by atoms with E-state index in [0.29, 0.717) is 12.0 Å². The van der Waals surface area contributed by atoms with Gasteiger partial charge in [-0.15, -0.1) is 0 Å². The van der Waals surface area contributed by atoms with E-state index in [1.165, 1.54) is 33.3 Å². The molecule has 1 heterocycles. The van der Waals surface area contributed by atoms with Crippen molar-refractivity contribution >= 4 is 23.6 Å². The highest BCUT2D eigenvalue weighted by Gasteiger charge is 2.32. The summed E-state index contributed by atoms with van der Waals surface area (Å²) < 4.78 is 16.4. The quantitative estimate of drug-likeness (QED) is 0.177. The minimum absolute atomic E-state index is 0.104. The number of carbonyl (C=O) groups is 4. The number of rotatable bonds is 3. The molecule has 0 aromatic rings. The second kappa shape index (κ2) is 14.0. The molecule has 0 aromatic heterocycles. The standard InChI is InChI=1S/C28H39N3O8/c1-14-10-18-23(29)20(32)13-19(25(18)34)31-27(35)15(2)8-7-9-21(37-5)26(39-28(30)36)17(4)12-16(3)24(33)22(11-14)38-6/h7-9,12-14,16,21-22,24,26,33H,10-11,29H2,1-6H3,(H2,30,36)(H,31,35)/b9-7-,15-8+,17-12+/t14-,16+,21-,22-,24-,26+/m1/s1/i28+1,29+1,30+1. The maximum atomic E-state index is 13.2. The normalized spacial score (nSPS) is 33.3. The van der Waals surface area contributed by atoms with Gasteiger partial charge in [-0.1, -0.05) is 38.2 Å². The van der Waals surface area contributed by atoms with Crippen molar-refractivity contribution in [2.75, 3.05) is 14.2 Å². The van der Waals surface area contributed by atoms with E-state index in [4.69, 9.17) is 25.7 Å². The molecule has 0 saturated heterocycles. The van der Waals surface area contributed by atoms with E-state index in [9.17, 15) is 24.3 Å². The van der Waals surface area contributed by atoms with E-state index >= 15 is 0 Å².